The summed E-state index contributed by atoms with van der Waals surface area (Å²) in [5, 5.41) is 11.7. The first-order valence-electron chi connectivity index (χ1n) is 9.46. The van der Waals surface area contributed by atoms with Gasteiger partial charge in [-0.1, -0.05) is 6.07 Å². The molecule has 1 aliphatic rings. The van der Waals surface area contributed by atoms with Gasteiger partial charge in [-0.15, -0.1) is 0 Å². The molecule has 0 radical (unpaired) electrons. The Morgan fingerprint density at radius 1 is 1.20 bits per heavy atom. The molecule has 0 bridgehead atoms. The van der Waals surface area contributed by atoms with Gasteiger partial charge >= 0.3 is 6.18 Å². The quantitative estimate of drug-likeness (QED) is 0.809. The topological polar surface area (TPSA) is 73.2 Å². The maximum atomic E-state index is 13.1. The lowest BCUT2D eigenvalue weighted by molar-refractivity contribution is -0.137. The van der Waals surface area contributed by atoms with Crippen molar-refractivity contribution in [1.29, 1.82) is 5.26 Å². The van der Waals surface area contributed by atoms with Crippen molar-refractivity contribution in [2.45, 2.75) is 25.9 Å². The molecule has 30 heavy (non-hydrogen) atoms. The largest absolute Gasteiger partial charge is 0.416 e. The number of likely N-dealkylation sites (tertiary alicyclic amines) is 1. The minimum atomic E-state index is -4.54. The number of aryl methyl sites for hydroxylation is 1. The summed E-state index contributed by atoms with van der Waals surface area (Å²) in [6.45, 7) is 2.01. The average molecular weight is 415 g/mol. The maximum Gasteiger partial charge on any atom is 0.416 e. The highest BCUT2D eigenvalue weighted by Gasteiger charge is 2.33. The molecule has 0 aliphatic carbocycles. The van der Waals surface area contributed by atoms with E-state index in [1.54, 1.807) is 24.3 Å². The number of piperidine rings is 1. The SMILES string of the molecule is Cc1cc(C(=O)N2CCCC(C(=O)Nc3cccc(C#N)c3)C2)cc(C(F)(F)F)c1. The number of rotatable bonds is 3. The van der Waals surface area contributed by atoms with Crippen molar-refractivity contribution < 1.29 is 22.8 Å². The third-order valence-corrected chi connectivity index (χ3v) is 4.99. The molecule has 5 nitrogen and oxygen atoms in total. The first-order valence-corrected chi connectivity index (χ1v) is 9.46. The van der Waals surface area contributed by atoms with Gasteiger partial charge in [0.25, 0.3) is 5.91 Å². The number of carbonyl (C=O) groups excluding carboxylic acids is 2. The van der Waals surface area contributed by atoms with Gasteiger partial charge < -0.3 is 10.2 Å². The van der Waals surface area contributed by atoms with E-state index in [2.05, 4.69) is 5.32 Å². The molecule has 0 aromatic heterocycles. The minimum absolute atomic E-state index is 0.0369. The van der Waals surface area contributed by atoms with E-state index in [0.29, 0.717) is 36.2 Å². The van der Waals surface area contributed by atoms with Crippen molar-refractivity contribution in [3.05, 3.63) is 64.7 Å². The van der Waals surface area contributed by atoms with Crippen molar-refractivity contribution in [1.82, 2.24) is 4.90 Å². The normalized spacial score (nSPS) is 16.6. The fourth-order valence-electron chi connectivity index (χ4n) is 3.54. The van der Waals surface area contributed by atoms with Gasteiger partial charge in [-0.2, -0.15) is 18.4 Å². The number of benzene rings is 2. The van der Waals surface area contributed by atoms with E-state index in [0.717, 1.165) is 12.1 Å². The number of carbonyl (C=O) groups is 2. The van der Waals surface area contributed by atoms with E-state index in [4.69, 9.17) is 5.26 Å². The average Bonchev–Trinajstić information content (AvgIpc) is 2.72. The van der Waals surface area contributed by atoms with E-state index in [-0.39, 0.29) is 18.0 Å². The number of anilines is 1. The molecule has 156 valence electrons. The van der Waals surface area contributed by atoms with Crippen LogP contribution >= 0.6 is 0 Å². The van der Waals surface area contributed by atoms with Crippen LogP contribution in [0.2, 0.25) is 0 Å². The fourth-order valence-corrected chi connectivity index (χ4v) is 3.54. The van der Waals surface area contributed by atoms with Crippen LogP contribution in [0.3, 0.4) is 0 Å². The summed E-state index contributed by atoms with van der Waals surface area (Å²) in [5.74, 6) is -1.30. The second-order valence-corrected chi connectivity index (χ2v) is 7.36. The molecule has 1 saturated heterocycles. The van der Waals surface area contributed by atoms with E-state index < -0.39 is 23.6 Å². The Morgan fingerprint density at radius 3 is 2.67 bits per heavy atom. The van der Waals surface area contributed by atoms with E-state index in [9.17, 15) is 22.8 Å². The van der Waals surface area contributed by atoms with Gasteiger partial charge in [0.2, 0.25) is 5.91 Å². The van der Waals surface area contributed by atoms with Crippen molar-refractivity contribution in [3.8, 4) is 6.07 Å². The van der Waals surface area contributed by atoms with E-state index >= 15 is 0 Å². The first-order chi connectivity index (χ1) is 14.2. The van der Waals surface area contributed by atoms with Crippen molar-refractivity contribution in [2.75, 3.05) is 18.4 Å². The molecule has 1 fully saturated rings. The molecular weight excluding hydrogens is 395 g/mol. The number of amides is 2. The van der Waals surface area contributed by atoms with Crippen LogP contribution in [0, 0.1) is 24.2 Å². The Labute approximate surface area is 172 Å². The summed E-state index contributed by atoms with van der Waals surface area (Å²) in [5.41, 5.74) is 0.334. The number of hydrogen-bond acceptors (Lipinski definition) is 3. The van der Waals surface area contributed by atoms with Crippen LogP contribution in [0.5, 0.6) is 0 Å². The van der Waals surface area contributed by atoms with Gasteiger partial charge in [0.05, 0.1) is 23.1 Å². The number of hydrogen-bond donors (Lipinski definition) is 1. The lowest BCUT2D eigenvalue weighted by Crippen LogP contribution is -2.43. The van der Waals surface area contributed by atoms with Crippen molar-refractivity contribution in [3.63, 3.8) is 0 Å². The van der Waals surface area contributed by atoms with Gasteiger partial charge in [0, 0.05) is 24.3 Å². The molecule has 1 unspecified atom stereocenters. The van der Waals surface area contributed by atoms with Crippen LogP contribution in [0.15, 0.2) is 42.5 Å². The second kappa shape index (κ2) is 8.57. The number of nitriles is 1. The smallest absolute Gasteiger partial charge is 0.338 e. The molecule has 0 spiro atoms. The predicted octanol–water partition coefficient (Wildman–Crippen LogP) is 4.38. The molecular formula is C22H20F3N3O2. The molecule has 1 aliphatic heterocycles. The van der Waals surface area contributed by atoms with Crippen molar-refractivity contribution >= 4 is 17.5 Å². The molecule has 0 saturated carbocycles. The summed E-state index contributed by atoms with van der Waals surface area (Å²) in [6.07, 6.45) is -3.40. The molecule has 2 amide bonds. The van der Waals surface area contributed by atoms with E-state index in [1.165, 1.54) is 17.9 Å². The van der Waals surface area contributed by atoms with Crippen LogP contribution in [-0.2, 0) is 11.0 Å². The molecule has 2 aromatic carbocycles. The Bertz CT molecular complexity index is 1010. The zero-order chi connectivity index (χ0) is 21.9. The summed E-state index contributed by atoms with van der Waals surface area (Å²) in [7, 11) is 0. The molecule has 2 aromatic rings. The monoisotopic (exact) mass is 415 g/mol. The molecule has 1 N–H and O–H groups in total. The fraction of sp³-hybridized carbons (Fsp3) is 0.318. The van der Waals surface area contributed by atoms with Crippen molar-refractivity contribution in [2.24, 2.45) is 5.92 Å². The lowest BCUT2D eigenvalue weighted by atomic mass is 9.95. The molecule has 8 heteroatoms. The second-order valence-electron chi connectivity index (χ2n) is 7.36. The van der Waals surface area contributed by atoms with Gasteiger partial charge in [-0.05, 0) is 61.7 Å². The first kappa shape index (κ1) is 21.4. The molecule has 3 rings (SSSR count). The Balaban J connectivity index is 1.73. The highest BCUT2D eigenvalue weighted by Crippen LogP contribution is 2.31. The van der Waals surface area contributed by atoms with Gasteiger partial charge in [0.1, 0.15) is 0 Å². The van der Waals surface area contributed by atoms with Crippen LogP contribution in [-0.4, -0.2) is 29.8 Å². The van der Waals surface area contributed by atoms with Gasteiger partial charge in [-0.3, -0.25) is 9.59 Å². The predicted molar refractivity (Wildman–Crippen MR) is 105 cm³/mol. The van der Waals surface area contributed by atoms with Crippen LogP contribution in [0.25, 0.3) is 0 Å². The maximum absolute atomic E-state index is 13.1. The summed E-state index contributed by atoms with van der Waals surface area (Å²) in [4.78, 5) is 26.9. The number of nitrogens with one attached hydrogen (secondary N) is 1. The number of nitrogens with zero attached hydrogens (tertiary/aromatic N) is 2. The zero-order valence-electron chi connectivity index (χ0n) is 16.3. The minimum Gasteiger partial charge on any atom is -0.338 e. The summed E-state index contributed by atoms with van der Waals surface area (Å²) < 4.78 is 39.3. The van der Waals surface area contributed by atoms with Gasteiger partial charge in [-0.25, -0.2) is 0 Å². The third kappa shape index (κ3) is 4.98. The Hall–Kier alpha value is -3.34. The summed E-state index contributed by atoms with van der Waals surface area (Å²) in [6, 6.07) is 11.8. The molecule has 1 heterocycles. The highest BCUT2D eigenvalue weighted by atomic mass is 19.4. The zero-order valence-corrected chi connectivity index (χ0v) is 16.3. The number of halogens is 3. The van der Waals surface area contributed by atoms with Crippen LogP contribution in [0.1, 0.15) is 39.9 Å². The van der Waals surface area contributed by atoms with Crippen LogP contribution < -0.4 is 5.32 Å². The van der Waals surface area contributed by atoms with Crippen LogP contribution in [0.4, 0.5) is 18.9 Å². The number of alkyl halides is 3. The highest BCUT2D eigenvalue weighted by molar-refractivity contribution is 5.96. The van der Waals surface area contributed by atoms with Gasteiger partial charge in [0.15, 0.2) is 0 Å². The van der Waals surface area contributed by atoms with E-state index in [1.807, 2.05) is 6.07 Å². The standard InChI is InChI=1S/C22H20F3N3O2/c1-14-8-17(11-18(9-14)22(23,24)25)21(30)28-7-3-5-16(13-28)20(29)27-19-6-2-4-15(10-19)12-26/h2,4,6,8-11,16H,3,5,7,13H2,1H3,(H,27,29). The summed E-state index contributed by atoms with van der Waals surface area (Å²) >= 11 is 0. The Kier molecular flexibility index (Phi) is 6.11. The third-order valence-electron chi connectivity index (χ3n) is 4.99. The molecule has 1 atom stereocenters. The Morgan fingerprint density at radius 2 is 1.97 bits per heavy atom. The lowest BCUT2D eigenvalue weighted by Gasteiger charge is -2.32.